The highest BCUT2D eigenvalue weighted by atomic mass is 16.5. The Hall–Kier alpha value is -1.93. The molecule has 1 radical (unpaired) electrons. The van der Waals surface area contributed by atoms with Crippen molar-refractivity contribution in [2.75, 3.05) is 6.54 Å². The third-order valence-corrected chi connectivity index (χ3v) is 5.89. The zero-order valence-corrected chi connectivity index (χ0v) is 19.7. The van der Waals surface area contributed by atoms with E-state index in [0.29, 0.717) is 29.9 Å². The van der Waals surface area contributed by atoms with Crippen LogP contribution in [0.1, 0.15) is 84.4 Å². The second kappa shape index (κ2) is 9.48. The van der Waals surface area contributed by atoms with Crippen LogP contribution in [0.5, 0.6) is 0 Å². The molecule has 1 atom stereocenters. The van der Waals surface area contributed by atoms with E-state index in [2.05, 4.69) is 23.9 Å². The van der Waals surface area contributed by atoms with Crippen molar-refractivity contribution in [1.29, 1.82) is 0 Å². The third kappa shape index (κ3) is 5.21. The van der Waals surface area contributed by atoms with Gasteiger partial charge in [0.05, 0.1) is 16.8 Å². The number of rotatable bonds is 10. The standard InChI is InChI=1S/C22H36BN4O3/c1-9-12-15(4)26(11-3)20(28)17-13-16(10-2)27-19(24-17)14-18(25-27)23-30-22(7,8)21(5,6)29/h13-15,29H,9-12H2,1-8H3. The van der Waals surface area contributed by atoms with Gasteiger partial charge in [-0.1, -0.05) is 20.3 Å². The quantitative estimate of drug-likeness (QED) is 0.604. The molecule has 2 aromatic heterocycles. The molecule has 0 aliphatic carbocycles. The van der Waals surface area contributed by atoms with E-state index >= 15 is 0 Å². The van der Waals surface area contributed by atoms with Crippen molar-refractivity contribution in [3.63, 3.8) is 0 Å². The molecule has 0 aromatic carbocycles. The molecule has 0 spiro atoms. The van der Waals surface area contributed by atoms with E-state index < -0.39 is 11.2 Å². The maximum atomic E-state index is 13.2. The van der Waals surface area contributed by atoms with Gasteiger partial charge in [-0.3, -0.25) is 4.79 Å². The van der Waals surface area contributed by atoms with E-state index in [-0.39, 0.29) is 11.9 Å². The summed E-state index contributed by atoms with van der Waals surface area (Å²) in [5.41, 5.74) is 0.728. The van der Waals surface area contributed by atoms with Crippen LogP contribution in [0.2, 0.25) is 0 Å². The molecular formula is C22H36BN4O3. The van der Waals surface area contributed by atoms with Gasteiger partial charge in [0.15, 0.2) is 5.65 Å². The molecule has 7 nitrogen and oxygen atoms in total. The van der Waals surface area contributed by atoms with E-state index in [9.17, 15) is 9.90 Å². The molecular weight excluding hydrogens is 379 g/mol. The lowest BCUT2D eigenvalue weighted by Gasteiger charge is -2.37. The summed E-state index contributed by atoms with van der Waals surface area (Å²) in [6, 6.07) is 3.79. The highest BCUT2D eigenvalue weighted by Gasteiger charge is 2.36. The van der Waals surface area contributed by atoms with Crippen LogP contribution in [0.25, 0.3) is 5.65 Å². The van der Waals surface area contributed by atoms with Crippen molar-refractivity contribution >= 4 is 24.6 Å². The van der Waals surface area contributed by atoms with Crippen LogP contribution in [0.4, 0.5) is 0 Å². The van der Waals surface area contributed by atoms with Crippen molar-refractivity contribution < 1.29 is 14.6 Å². The van der Waals surface area contributed by atoms with Gasteiger partial charge in [0.2, 0.25) is 0 Å². The van der Waals surface area contributed by atoms with Crippen LogP contribution >= 0.6 is 0 Å². The Morgan fingerprint density at radius 2 is 1.93 bits per heavy atom. The number of nitrogens with zero attached hydrogens (tertiary/aromatic N) is 4. The number of aliphatic hydroxyl groups is 1. The predicted molar refractivity (Wildman–Crippen MR) is 120 cm³/mol. The van der Waals surface area contributed by atoms with Crippen LogP contribution in [0.3, 0.4) is 0 Å². The lowest BCUT2D eigenvalue weighted by atomic mass is 9.85. The van der Waals surface area contributed by atoms with Crippen LogP contribution in [0.15, 0.2) is 12.1 Å². The molecule has 8 heteroatoms. The molecule has 0 bridgehead atoms. The van der Waals surface area contributed by atoms with Gasteiger partial charge in [-0.2, -0.15) is 5.10 Å². The Morgan fingerprint density at radius 1 is 1.27 bits per heavy atom. The number of aromatic nitrogens is 3. The Morgan fingerprint density at radius 3 is 2.47 bits per heavy atom. The summed E-state index contributed by atoms with van der Waals surface area (Å²) >= 11 is 0. The monoisotopic (exact) mass is 415 g/mol. The molecule has 1 amide bonds. The molecule has 0 aliphatic heterocycles. The average molecular weight is 415 g/mol. The number of hydrogen-bond donors (Lipinski definition) is 1. The first-order valence-corrected chi connectivity index (χ1v) is 10.9. The van der Waals surface area contributed by atoms with Crippen molar-refractivity contribution in [1.82, 2.24) is 19.5 Å². The minimum Gasteiger partial charge on any atom is -0.425 e. The lowest BCUT2D eigenvalue weighted by Crippen LogP contribution is -2.49. The van der Waals surface area contributed by atoms with E-state index in [1.807, 2.05) is 38.7 Å². The van der Waals surface area contributed by atoms with Gasteiger partial charge in [-0.15, -0.1) is 0 Å². The molecule has 0 saturated carbocycles. The summed E-state index contributed by atoms with van der Waals surface area (Å²) in [5, 5.41) is 14.8. The van der Waals surface area contributed by atoms with Gasteiger partial charge in [-0.25, -0.2) is 9.50 Å². The average Bonchev–Trinajstić information content (AvgIpc) is 3.08. The largest absolute Gasteiger partial charge is 0.425 e. The number of fused-ring (bicyclic) bond motifs is 1. The SMILES string of the molecule is CCCC(C)N(CC)C(=O)c1cc(CC)n2nc([B]OC(C)(C)C(C)(C)O)cc2n1. The summed E-state index contributed by atoms with van der Waals surface area (Å²) in [7, 11) is 1.54. The van der Waals surface area contributed by atoms with Gasteiger partial charge in [0.25, 0.3) is 5.91 Å². The first kappa shape index (κ1) is 24.3. The second-order valence-corrected chi connectivity index (χ2v) is 8.86. The molecule has 2 aromatic rings. The molecule has 0 saturated heterocycles. The summed E-state index contributed by atoms with van der Waals surface area (Å²) in [4.78, 5) is 19.6. The predicted octanol–water partition coefficient (Wildman–Crippen LogP) is 2.75. The van der Waals surface area contributed by atoms with Crippen LogP contribution < -0.4 is 5.59 Å². The topological polar surface area (TPSA) is 80.0 Å². The number of amides is 1. The lowest BCUT2D eigenvalue weighted by molar-refractivity contribution is -0.0893. The molecule has 1 unspecified atom stereocenters. The third-order valence-electron chi connectivity index (χ3n) is 5.89. The molecule has 2 rings (SSSR count). The summed E-state index contributed by atoms with van der Waals surface area (Å²) in [6.45, 7) is 15.9. The van der Waals surface area contributed by atoms with E-state index in [4.69, 9.17) is 4.65 Å². The van der Waals surface area contributed by atoms with Gasteiger partial charge in [-0.05, 0) is 66.5 Å². The number of aryl methyl sites for hydroxylation is 1. The Kier molecular flexibility index (Phi) is 7.69. The minimum atomic E-state index is -1.02. The van der Waals surface area contributed by atoms with Gasteiger partial charge in [0.1, 0.15) is 5.69 Å². The van der Waals surface area contributed by atoms with E-state index in [0.717, 1.165) is 18.5 Å². The Labute approximate surface area is 181 Å². The molecule has 2 heterocycles. The molecule has 165 valence electrons. The molecule has 0 aliphatic rings. The fourth-order valence-electron chi connectivity index (χ4n) is 3.20. The zero-order chi connectivity index (χ0) is 22.7. The van der Waals surface area contributed by atoms with E-state index in [1.165, 1.54) is 7.48 Å². The van der Waals surface area contributed by atoms with Gasteiger partial charge >= 0.3 is 7.48 Å². The number of carbonyl (C=O) groups is 1. The fraction of sp³-hybridized carbons (Fsp3) is 0.682. The first-order valence-electron chi connectivity index (χ1n) is 10.9. The smallest absolute Gasteiger partial charge is 0.354 e. The normalized spacial score (nSPS) is 13.5. The van der Waals surface area contributed by atoms with E-state index in [1.54, 1.807) is 24.4 Å². The number of hydrogen-bond acceptors (Lipinski definition) is 5. The summed E-state index contributed by atoms with van der Waals surface area (Å²) < 4.78 is 7.57. The molecule has 0 fully saturated rings. The molecule has 30 heavy (non-hydrogen) atoms. The fourth-order valence-corrected chi connectivity index (χ4v) is 3.20. The summed E-state index contributed by atoms with van der Waals surface area (Å²) in [5.74, 6) is -0.0539. The molecule has 1 N–H and O–H groups in total. The minimum absolute atomic E-state index is 0.0539. The highest BCUT2D eigenvalue weighted by molar-refractivity contribution is 6.46. The Balaban J connectivity index is 2.34. The van der Waals surface area contributed by atoms with Crippen molar-refractivity contribution in [3.8, 4) is 0 Å². The zero-order valence-electron chi connectivity index (χ0n) is 19.7. The van der Waals surface area contributed by atoms with Crippen molar-refractivity contribution in [2.45, 2.75) is 91.9 Å². The maximum absolute atomic E-state index is 13.2. The van der Waals surface area contributed by atoms with Crippen LogP contribution in [-0.2, 0) is 11.1 Å². The van der Waals surface area contributed by atoms with Crippen molar-refractivity contribution in [2.24, 2.45) is 0 Å². The van der Waals surface area contributed by atoms with Gasteiger partial charge < -0.3 is 14.7 Å². The second-order valence-electron chi connectivity index (χ2n) is 8.86. The van der Waals surface area contributed by atoms with Crippen LogP contribution in [0, 0.1) is 0 Å². The maximum Gasteiger partial charge on any atom is 0.354 e. The first-order chi connectivity index (χ1) is 13.9. The number of carbonyl (C=O) groups excluding carboxylic acids is 1. The highest BCUT2D eigenvalue weighted by Crippen LogP contribution is 2.24. The van der Waals surface area contributed by atoms with Crippen molar-refractivity contribution in [3.05, 3.63) is 23.5 Å². The summed E-state index contributed by atoms with van der Waals surface area (Å²) in [6.07, 6.45) is 2.70. The van der Waals surface area contributed by atoms with Crippen LogP contribution in [-0.4, -0.2) is 61.8 Å². The Bertz CT molecular complexity index is 873. The van der Waals surface area contributed by atoms with Gasteiger partial charge in [0, 0.05) is 18.3 Å².